The molecule has 0 bridgehead atoms. The molecule has 0 aliphatic rings. The van der Waals surface area contributed by atoms with Crippen LogP contribution in [0.25, 0.3) is 0 Å². The van der Waals surface area contributed by atoms with Gasteiger partial charge in [0, 0.05) is 11.3 Å². The van der Waals surface area contributed by atoms with Crippen molar-refractivity contribution in [1.29, 1.82) is 0 Å². The molecule has 1 aromatic heterocycles. The monoisotopic (exact) mass is 286 g/mol. The highest BCUT2D eigenvalue weighted by Gasteiger charge is 2.19. The minimum atomic E-state index is -0.617. The van der Waals surface area contributed by atoms with Crippen LogP contribution in [0.3, 0.4) is 0 Å². The molecule has 1 heterocycles. The van der Waals surface area contributed by atoms with Gasteiger partial charge >= 0.3 is 0 Å². The predicted molar refractivity (Wildman–Crippen MR) is 70.4 cm³/mol. The van der Waals surface area contributed by atoms with Gasteiger partial charge in [-0.2, -0.15) is 0 Å². The van der Waals surface area contributed by atoms with Gasteiger partial charge in [-0.15, -0.1) is 0 Å². The summed E-state index contributed by atoms with van der Waals surface area (Å²) in [5, 5.41) is 31.8. The molecule has 8 nitrogen and oxygen atoms in total. The zero-order valence-corrected chi connectivity index (χ0v) is 11.2. The second-order valence-corrected chi connectivity index (χ2v) is 5.22. The Morgan fingerprint density at radius 3 is 2.74 bits per heavy atom. The molecule has 9 heteroatoms. The molecule has 0 spiro atoms. The number of nitrogens with two attached hydrogens (primary N) is 1. The first-order valence-corrected chi connectivity index (χ1v) is 6.21. The van der Waals surface area contributed by atoms with Crippen LogP contribution >= 0.6 is 11.8 Å². The topological polar surface area (TPSA) is 135 Å². The molecule has 19 heavy (non-hydrogen) atoms. The maximum atomic E-state index is 10.7. The molecule has 0 aliphatic heterocycles. The summed E-state index contributed by atoms with van der Waals surface area (Å²) in [5.74, 6) is -0.267. The Bertz CT molecular complexity index is 506. The van der Waals surface area contributed by atoms with Gasteiger partial charge in [-0.1, -0.05) is 23.8 Å². The summed E-state index contributed by atoms with van der Waals surface area (Å²) in [7, 11) is 0. The number of oxime groups is 1. The van der Waals surface area contributed by atoms with Crippen molar-refractivity contribution in [3.8, 4) is 0 Å². The maximum Gasteiger partial charge on any atom is 0.288 e. The Kier molecular flexibility index (Phi) is 5.07. The highest BCUT2D eigenvalue weighted by atomic mass is 32.2. The normalized spacial score (nSPS) is 15.0. The highest BCUT2D eigenvalue weighted by Crippen LogP contribution is 2.28. The van der Waals surface area contributed by atoms with E-state index in [4.69, 9.17) is 10.9 Å². The van der Waals surface area contributed by atoms with E-state index >= 15 is 0 Å². The number of pyridine rings is 1. The van der Waals surface area contributed by atoms with Gasteiger partial charge in [0.1, 0.15) is 11.2 Å². The summed E-state index contributed by atoms with van der Waals surface area (Å²) in [6, 6.07) is 1.18. The third-order valence-electron chi connectivity index (χ3n) is 2.41. The number of aliphatic hydroxyl groups excluding tert-OH is 1. The first kappa shape index (κ1) is 15.2. The molecule has 1 rings (SSSR count). The number of hydrogen-bond acceptors (Lipinski definition) is 7. The van der Waals surface area contributed by atoms with Crippen LogP contribution in [-0.2, 0) is 0 Å². The first-order valence-electron chi connectivity index (χ1n) is 5.33. The van der Waals surface area contributed by atoms with E-state index in [-0.39, 0.29) is 22.3 Å². The van der Waals surface area contributed by atoms with Gasteiger partial charge in [0.25, 0.3) is 5.69 Å². The predicted octanol–water partition coefficient (Wildman–Crippen LogP) is 0.946. The van der Waals surface area contributed by atoms with Gasteiger partial charge < -0.3 is 16.0 Å². The molecular formula is C10H14N4O4S. The van der Waals surface area contributed by atoms with Gasteiger partial charge in [0.05, 0.1) is 16.6 Å². The molecule has 0 fully saturated rings. The van der Waals surface area contributed by atoms with Crippen molar-refractivity contribution in [3.63, 3.8) is 0 Å². The molecule has 0 radical (unpaired) electrons. The van der Waals surface area contributed by atoms with Crippen LogP contribution in [0.4, 0.5) is 5.69 Å². The minimum absolute atomic E-state index is 0.161. The van der Waals surface area contributed by atoms with Crippen molar-refractivity contribution in [3.05, 3.63) is 27.9 Å². The van der Waals surface area contributed by atoms with Crippen LogP contribution in [0.2, 0.25) is 0 Å². The number of rotatable bonds is 5. The molecule has 0 aliphatic carbocycles. The van der Waals surface area contributed by atoms with E-state index in [9.17, 15) is 15.2 Å². The van der Waals surface area contributed by atoms with Crippen molar-refractivity contribution in [2.75, 3.05) is 0 Å². The van der Waals surface area contributed by atoms with Crippen LogP contribution in [0.15, 0.2) is 22.4 Å². The lowest BCUT2D eigenvalue weighted by Crippen LogP contribution is -2.19. The van der Waals surface area contributed by atoms with Crippen molar-refractivity contribution in [2.24, 2.45) is 10.9 Å². The fraction of sp³-hybridized carbons (Fsp3) is 0.400. The van der Waals surface area contributed by atoms with E-state index in [0.29, 0.717) is 5.03 Å². The van der Waals surface area contributed by atoms with E-state index in [1.807, 2.05) is 0 Å². The Balaban J connectivity index is 3.20. The summed E-state index contributed by atoms with van der Waals surface area (Å²) < 4.78 is 0. The average Bonchev–Trinajstić information content (AvgIpc) is 2.37. The number of aromatic nitrogens is 1. The van der Waals surface area contributed by atoms with Crippen LogP contribution in [0.5, 0.6) is 0 Å². The van der Waals surface area contributed by atoms with Gasteiger partial charge in [-0.3, -0.25) is 10.1 Å². The van der Waals surface area contributed by atoms with Crippen LogP contribution in [-0.4, -0.2) is 37.4 Å². The molecule has 1 aromatic rings. The van der Waals surface area contributed by atoms with Gasteiger partial charge in [-0.25, -0.2) is 4.98 Å². The maximum absolute atomic E-state index is 10.7. The van der Waals surface area contributed by atoms with Gasteiger partial charge in [0.2, 0.25) is 0 Å². The fourth-order valence-electron chi connectivity index (χ4n) is 1.15. The lowest BCUT2D eigenvalue weighted by molar-refractivity contribution is -0.385. The quantitative estimate of drug-likeness (QED) is 0.183. The van der Waals surface area contributed by atoms with E-state index in [0.717, 1.165) is 6.20 Å². The largest absolute Gasteiger partial charge is 0.409 e. The number of nitrogens with zero attached hydrogens (tertiary/aromatic N) is 3. The van der Waals surface area contributed by atoms with Crippen LogP contribution in [0.1, 0.15) is 19.4 Å². The van der Waals surface area contributed by atoms with Crippen molar-refractivity contribution >= 4 is 23.3 Å². The first-order chi connectivity index (χ1) is 8.86. The Morgan fingerprint density at radius 2 is 2.26 bits per heavy atom. The summed E-state index contributed by atoms with van der Waals surface area (Å²) in [4.78, 5) is 14.0. The molecular weight excluding hydrogens is 272 g/mol. The summed E-state index contributed by atoms with van der Waals surface area (Å²) >= 11 is 1.19. The molecule has 0 saturated heterocycles. The number of aliphatic hydroxyl groups is 1. The summed E-state index contributed by atoms with van der Waals surface area (Å²) in [6.07, 6.45) is 0.493. The third kappa shape index (κ3) is 3.80. The Morgan fingerprint density at radius 1 is 1.63 bits per heavy atom. The van der Waals surface area contributed by atoms with Gasteiger partial charge in [0.15, 0.2) is 5.84 Å². The number of amidine groups is 1. The van der Waals surface area contributed by atoms with Gasteiger partial charge in [-0.05, 0) is 6.92 Å². The number of nitro groups is 1. The van der Waals surface area contributed by atoms with E-state index < -0.39 is 11.0 Å². The minimum Gasteiger partial charge on any atom is -0.409 e. The fourth-order valence-corrected chi connectivity index (χ4v) is 2.10. The molecule has 0 amide bonds. The molecule has 0 saturated carbocycles. The van der Waals surface area contributed by atoms with Crippen LogP contribution in [0, 0.1) is 10.1 Å². The van der Waals surface area contributed by atoms with Crippen molar-refractivity contribution in [1.82, 2.24) is 4.98 Å². The lowest BCUT2D eigenvalue weighted by Gasteiger charge is -2.15. The lowest BCUT2D eigenvalue weighted by atomic mass is 10.2. The second kappa shape index (κ2) is 6.34. The zero-order valence-electron chi connectivity index (χ0n) is 10.3. The Labute approximate surface area is 113 Å². The van der Waals surface area contributed by atoms with Crippen LogP contribution < -0.4 is 5.73 Å². The standard InChI is InChI=1S/C10H14N4O4S/c1-5(15)6(2)19-10-8(9(11)13-16)3-7(4-12-10)14(17)18/h3-6,15-16H,1-2H3,(H2,11,13). The summed E-state index contributed by atoms with van der Waals surface area (Å²) in [6.45, 7) is 3.39. The zero-order chi connectivity index (χ0) is 14.6. The summed E-state index contributed by atoms with van der Waals surface area (Å²) in [5.41, 5.74) is 5.38. The third-order valence-corrected chi connectivity index (χ3v) is 3.72. The van der Waals surface area contributed by atoms with E-state index in [1.165, 1.54) is 17.8 Å². The van der Waals surface area contributed by atoms with E-state index in [2.05, 4.69) is 10.1 Å². The number of hydrogen-bond donors (Lipinski definition) is 3. The van der Waals surface area contributed by atoms with E-state index in [1.54, 1.807) is 13.8 Å². The molecule has 0 aromatic carbocycles. The number of thioether (sulfide) groups is 1. The molecule has 104 valence electrons. The molecule has 2 atom stereocenters. The Hall–Kier alpha value is -1.87. The smallest absolute Gasteiger partial charge is 0.288 e. The second-order valence-electron chi connectivity index (χ2n) is 3.85. The van der Waals surface area contributed by atoms with Crippen molar-refractivity contribution < 1.29 is 15.2 Å². The SMILES string of the molecule is CC(O)C(C)Sc1ncc([N+](=O)[O-])cc1C(N)=NO. The molecule has 2 unspecified atom stereocenters. The molecule has 4 N–H and O–H groups in total. The van der Waals surface area contributed by atoms with Crippen molar-refractivity contribution in [2.45, 2.75) is 30.2 Å². The average molecular weight is 286 g/mol. The highest BCUT2D eigenvalue weighted by molar-refractivity contribution is 8.00.